The Balaban J connectivity index is 1.64. The van der Waals surface area contributed by atoms with Gasteiger partial charge in [0, 0.05) is 31.2 Å². The quantitative estimate of drug-likeness (QED) is 0.849. The van der Waals surface area contributed by atoms with Gasteiger partial charge >= 0.3 is 0 Å². The molecule has 6 heteroatoms. The van der Waals surface area contributed by atoms with Crippen molar-refractivity contribution in [3.05, 3.63) is 34.9 Å². The average molecular weight is 352 g/mol. The van der Waals surface area contributed by atoms with Crippen molar-refractivity contribution in [1.82, 2.24) is 15.5 Å². The molecular formula is C18H26ClN3O2. The Morgan fingerprint density at radius 3 is 2.75 bits per heavy atom. The first kappa shape index (κ1) is 17.7. The van der Waals surface area contributed by atoms with Crippen LogP contribution < -0.4 is 10.6 Å². The number of carbonyl (C=O) groups is 1. The normalized spacial score (nSPS) is 23.6. The van der Waals surface area contributed by atoms with Gasteiger partial charge in [0.15, 0.2) is 0 Å². The van der Waals surface area contributed by atoms with Crippen molar-refractivity contribution < 1.29 is 9.53 Å². The summed E-state index contributed by atoms with van der Waals surface area (Å²) in [6.45, 7) is 5.67. The van der Waals surface area contributed by atoms with Gasteiger partial charge in [0.25, 0.3) is 0 Å². The molecule has 2 N–H and O–H groups in total. The number of carbonyl (C=O) groups excluding carboxylic acids is 1. The lowest BCUT2D eigenvalue weighted by atomic mass is 9.98. The zero-order chi connectivity index (χ0) is 16.8. The number of nitrogens with one attached hydrogen (secondary N) is 2. The molecule has 132 valence electrons. The van der Waals surface area contributed by atoms with Gasteiger partial charge in [-0.25, -0.2) is 0 Å². The molecule has 2 aliphatic rings. The first-order valence-electron chi connectivity index (χ1n) is 8.80. The van der Waals surface area contributed by atoms with Crippen LogP contribution in [0.4, 0.5) is 0 Å². The molecule has 0 saturated carbocycles. The second-order valence-electron chi connectivity index (χ2n) is 6.50. The first-order valence-corrected chi connectivity index (χ1v) is 9.17. The molecule has 2 saturated heterocycles. The van der Waals surface area contributed by atoms with Gasteiger partial charge in [-0.3, -0.25) is 9.69 Å². The highest BCUT2D eigenvalue weighted by Crippen LogP contribution is 2.23. The minimum absolute atomic E-state index is 0.0920. The number of ether oxygens (including phenoxy) is 1. The molecule has 3 rings (SSSR count). The summed E-state index contributed by atoms with van der Waals surface area (Å²) in [5.74, 6) is 0.253. The maximum Gasteiger partial charge on any atom is 0.224 e. The SMILES string of the molecule is O=C(NCC(c1ccc(Cl)cc1)N1CCOCC1)C1CCCNC1. The van der Waals surface area contributed by atoms with Crippen LogP contribution in [0.1, 0.15) is 24.4 Å². The van der Waals surface area contributed by atoms with E-state index in [4.69, 9.17) is 16.3 Å². The van der Waals surface area contributed by atoms with E-state index in [1.165, 1.54) is 5.56 Å². The summed E-state index contributed by atoms with van der Waals surface area (Å²) in [4.78, 5) is 14.8. The molecule has 1 amide bonds. The molecule has 2 fully saturated rings. The highest BCUT2D eigenvalue weighted by Gasteiger charge is 2.25. The van der Waals surface area contributed by atoms with E-state index in [9.17, 15) is 4.79 Å². The van der Waals surface area contributed by atoms with Crippen LogP contribution >= 0.6 is 11.6 Å². The van der Waals surface area contributed by atoms with E-state index in [-0.39, 0.29) is 17.9 Å². The van der Waals surface area contributed by atoms with Crippen molar-refractivity contribution in [2.75, 3.05) is 45.9 Å². The number of nitrogens with zero attached hydrogens (tertiary/aromatic N) is 1. The minimum Gasteiger partial charge on any atom is -0.379 e. The van der Waals surface area contributed by atoms with E-state index in [2.05, 4.69) is 27.7 Å². The fraction of sp³-hybridized carbons (Fsp3) is 0.611. The van der Waals surface area contributed by atoms with E-state index in [0.29, 0.717) is 6.54 Å². The molecule has 0 aromatic heterocycles. The van der Waals surface area contributed by atoms with Gasteiger partial charge in [0.1, 0.15) is 0 Å². The standard InChI is InChI=1S/C18H26ClN3O2/c19-16-5-3-14(4-6-16)17(22-8-10-24-11-9-22)13-21-18(23)15-2-1-7-20-12-15/h3-6,15,17,20H,1-2,7-13H2,(H,21,23). The minimum atomic E-state index is 0.0920. The van der Waals surface area contributed by atoms with Crippen LogP contribution in [0.2, 0.25) is 5.02 Å². The van der Waals surface area contributed by atoms with Crippen molar-refractivity contribution in [2.45, 2.75) is 18.9 Å². The molecule has 0 spiro atoms. The molecule has 2 atom stereocenters. The molecule has 2 heterocycles. The predicted octanol–water partition coefficient (Wildman–Crippen LogP) is 1.83. The van der Waals surface area contributed by atoms with Crippen molar-refractivity contribution in [3.63, 3.8) is 0 Å². The van der Waals surface area contributed by atoms with Crippen molar-refractivity contribution in [3.8, 4) is 0 Å². The van der Waals surface area contributed by atoms with Gasteiger partial charge in [-0.05, 0) is 37.1 Å². The van der Waals surface area contributed by atoms with Gasteiger partial charge in [0.2, 0.25) is 5.91 Å². The van der Waals surface area contributed by atoms with Crippen molar-refractivity contribution >= 4 is 17.5 Å². The molecular weight excluding hydrogens is 326 g/mol. The van der Waals surface area contributed by atoms with Crippen LogP contribution in [-0.2, 0) is 9.53 Å². The Bertz CT molecular complexity index is 526. The third-order valence-electron chi connectivity index (χ3n) is 4.88. The third-order valence-corrected chi connectivity index (χ3v) is 5.13. The Labute approximate surface area is 148 Å². The summed E-state index contributed by atoms with van der Waals surface area (Å²) < 4.78 is 5.47. The monoisotopic (exact) mass is 351 g/mol. The zero-order valence-electron chi connectivity index (χ0n) is 14.0. The lowest BCUT2D eigenvalue weighted by Crippen LogP contribution is -2.46. The lowest BCUT2D eigenvalue weighted by Gasteiger charge is -2.35. The van der Waals surface area contributed by atoms with Gasteiger partial charge in [-0.15, -0.1) is 0 Å². The fourth-order valence-electron chi connectivity index (χ4n) is 3.45. The second kappa shape index (κ2) is 8.81. The number of amides is 1. The highest BCUT2D eigenvalue weighted by molar-refractivity contribution is 6.30. The first-order chi connectivity index (χ1) is 11.7. The van der Waals surface area contributed by atoms with E-state index in [1.54, 1.807) is 0 Å². The summed E-state index contributed by atoms with van der Waals surface area (Å²) in [6.07, 6.45) is 2.05. The molecule has 5 nitrogen and oxygen atoms in total. The van der Waals surface area contributed by atoms with Gasteiger partial charge in [0.05, 0.1) is 25.2 Å². The average Bonchev–Trinajstić information content (AvgIpc) is 2.65. The summed E-state index contributed by atoms with van der Waals surface area (Å²) in [6, 6.07) is 8.09. The van der Waals surface area contributed by atoms with Gasteiger partial charge in [-0.2, -0.15) is 0 Å². The second-order valence-corrected chi connectivity index (χ2v) is 6.94. The van der Waals surface area contributed by atoms with Gasteiger partial charge in [-0.1, -0.05) is 23.7 Å². The number of benzene rings is 1. The van der Waals surface area contributed by atoms with Crippen LogP contribution in [0.25, 0.3) is 0 Å². The largest absolute Gasteiger partial charge is 0.379 e. The van der Waals surface area contributed by atoms with E-state index in [1.807, 2.05) is 12.1 Å². The Morgan fingerprint density at radius 2 is 2.08 bits per heavy atom. The van der Waals surface area contributed by atoms with Gasteiger partial charge < -0.3 is 15.4 Å². The molecule has 0 aliphatic carbocycles. The Kier molecular flexibility index (Phi) is 6.49. The summed E-state index contributed by atoms with van der Waals surface area (Å²) >= 11 is 6.02. The maximum absolute atomic E-state index is 12.5. The summed E-state index contributed by atoms with van der Waals surface area (Å²) in [5, 5.41) is 7.20. The number of piperidine rings is 1. The smallest absolute Gasteiger partial charge is 0.224 e. The number of hydrogen-bond donors (Lipinski definition) is 2. The van der Waals surface area contributed by atoms with Crippen molar-refractivity contribution in [2.24, 2.45) is 5.92 Å². The van der Waals surface area contributed by atoms with Crippen LogP contribution in [0, 0.1) is 5.92 Å². The fourth-order valence-corrected chi connectivity index (χ4v) is 3.58. The molecule has 24 heavy (non-hydrogen) atoms. The van der Waals surface area contributed by atoms with Crippen LogP contribution in [0.5, 0.6) is 0 Å². The summed E-state index contributed by atoms with van der Waals surface area (Å²) in [7, 11) is 0. The summed E-state index contributed by atoms with van der Waals surface area (Å²) in [5.41, 5.74) is 1.18. The Morgan fingerprint density at radius 1 is 1.33 bits per heavy atom. The van der Waals surface area contributed by atoms with Crippen LogP contribution in [0.15, 0.2) is 24.3 Å². The maximum atomic E-state index is 12.5. The van der Waals surface area contributed by atoms with E-state index < -0.39 is 0 Å². The molecule has 2 unspecified atom stereocenters. The molecule has 1 aromatic carbocycles. The van der Waals surface area contributed by atoms with E-state index >= 15 is 0 Å². The predicted molar refractivity (Wildman–Crippen MR) is 95.2 cm³/mol. The number of halogens is 1. The molecule has 0 bridgehead atoms. The van der Waals surface area contributed by atoms with Crippen LogP contribution in [-0.4, -0.2) is 56.7 Å². The topological polar surface area (TPSA) is 53.6 Å². The number of rotatable bonds is 5. The molecule has 0 radical (unpaired) electrons. The molecule has 2 aliphatic heterocycles. The zero-order valence-corrected chi connectivity index (χ0v) is 14.7. The Hall–Kier alpha value is -1.14. The lowest BCUT2D eigenvalue weighted by molar-refractivity contribution is -0.125. The molecule has 1 aromatic rings. The van der Waals surface area contributed by atoms with Crippen molar-refractivity contribution in [1.29, 1.82) is 0 Å². The highest BCUT2D eigenvalue weighted by atomic mass is 35.5. The number of hydrogen-bond acceptors (Lipinski definition) is 4. The van der Waals surface area contributed by atoms with Crippen LogP contribution in [0.3, 0.4) is 0 Å². The third kappa shape index (κ3) is 4.70. The van der Waals surface area contributed by atoms with E-state index in [0.717, 1.165) is 57.3 Å². The number of morpholine rings is 1.